The molecule has 258 valence electrons. The third kappa shape index (κ3) is 27.4. The first kappa shape index (κ1) is 46.2. The maximum Gasteiger partial charge on any atom is 0.332 e. The van der Waals surface area contributed by atoms with Crippen molar-refractivity contribution in [3.63, 3.8) is 0 Å². The van der Waals surface area contributed by atoms with Gasteiger partial charge in [0.2, 0.25) is 11.1 Å². The van der Waals surface area contributed by atoms with Crippen LogP contribution < -0.4 is 16.0 Å². The molecule has 0 aliphatic carbocycles. The Kier molecular flexibility index (Phi) is 33.8. The molecule has 0 radical (unpaired) electrons. The molecular formula is C28H51ClN6O8Pd. The molecule has 3 aliphatic rings. The number of halogens is 1. The summed E-state index contributed by atoms with van der Waals surface area (Å²) in [5.74, 6) is -0.794. The third-order valence-corrected chi connectivity index (χ3v) is 5.73. The molecule has 0 aromatic rings. The summed E-state index contributed by atoms with van der Waals surface area (Å²) < 4.78 is 15.3. The normalized spacial score (nSPS) is 19.1. The second-order valence-electron chi connectivity index (χ2n) is 9.39. The number of ether oxygens (including phenoxy) is 3. The number of nitriles is 2. The van der Waals surface area contributed by atoms with E-state index in [1.54, 1.807) is 11.9 Å². The Hall–Kier alpha value is -2.19. The van der Waals surface area contributed by atoms with Crippen LogP contribution in [-0.2, 0) is 53.8 Å². The number of aliphatic carboxylic acids is 1. The minimum absolute atomic E-state index is 0. The maximum atomic E-state index is 11.5. The van der Waals surface area contributed by atoms with Gasteiger partial charge < -0.3 is 40.2 Å². The van der Waals surface area contributed by atoms with Gasteiger partial charge in [-0.1, -0.05) is 0 Å². The maximum absolute atomic E-state index is 11.5. The fourth-order valence-corrected chi connectivity index (χ4v) is 3.51. The van der Waals surface area contributed by atoms with E-state index < -0.39 is 12.1 Å². The number of hydrogen-bond acceptors (Lipinski definition) is 11. The molecular weight excluding hydrogens is 690 g/mol. The average molecular weight is 742 g/mol. The number of carbonyl (C=O) groups excluding carboxylic acids is 3. The van der Waals surface area contributed by atoms with E-state index >= 15 is 0 Å². The van der Waals surface area contributed by atoms with Gasteiger partial charge in [0.15, 0.2) is 6.10 Å². The molecule has 0 spiro atoms. The fraction of sp³-hybridized carbons (Fsp3) is 0.786. The van der Waals surface area contributed by atoms with E-state index in [0.29, 0.717) is 45.6 Å². The zero-order valence-electron chi connectivity index (χ0n) is 26.2. The minimum Gasteiger partial charge on any atom is -0.479 e. The topological polar surface area (TPSA) is 203 Å². The molecule has 4 N–H and O–H groups in total. The predicted molar refractivity (Wildman–Crippen MR) is 162 cm³/mol. The molecule has 0 saturated carbocycles. The van der Waals surface area contributed by atoms with Crippen LogP contribution in [0.2, 0.25) is 0 Å². The number of hydrogen-bond donors (Lipinski definition) is 4. The van der Waals surface area contributed by atoms with Crippen molar-refractivity contribution in [1.29, 1.82) is 10.5 Å². The Morgan fingerprint density at radius 2 is 1.32 bits per heavy atom. The number of likely N-dealkylation sites (N-methyl/N-ethyl adjacent to an activating group) is 2. The van der Waals surface area contributed by atoms with Gasteiger partial charge in [-0.3, -0.25) is 14.4 Å². The van der Waals surface area contributed by atoms with Crippen molar-refractivity contribution in [3.05, 3.63) is 0 Å². The van der Waals surface area contributed by atoms with Crippen LogP contribution in [0.25, 0.3) is 0 Å². The Morgan fingerprint density at radius 3 is 1.66 bits per heavy atom. The predicted octanol–water partition coefficient (Wildman–Crippen LogP) is 1.42. The van der Waals surface area contributed by atoms with Crippen LogP contribution in [0.1, 0.15) is 59.7 Å². The van der Waals surface area contributed by atoms with Crippen molar-refractivity contribution in [2.45, 2.75) is 76.6 Å². The van der Waals surface area contributed by atoms with Crippen molar-refractivity contribution in [3.8, 4) is 12.1 Å². The number of carbonyl (C=O) groups is 4. The van der Waals surface area contributed by atoms with E-state index in [4.69, 9.17) is 29.8 Å². The smallest absolute Gasteiger partial charge is 0.332 e. The van der Waals surface area contributed by atoms with Gasteiger partial charge in [-0.25, -0.2) is 4.79 Å². The summed E-state index contributed by atoms with van der Waals surface area (Å²) in [6.45, 7) is 6.09. The largest absolute Gasteiger partial charge is 0.479 e. The van der Waals surface area contributed by atoms with Gasteiger partial charge in [-0.15, -0.1) is 0 Å². The number of nitrogens with one attached hydrogen (secondary N) is 3. The van der Waals surface area contributed by atoms with Crippen LogP contribution in [-0.4, -0.2) is 118 Å². The third-order valence-electron chi connectivity index (χ3n) is 5.73. The molecule has 0 aromatic carbocycles. The summed E-state index contributed by atoms with van der Waals surface area (Å²) in [6, 6.07) is 4.02. The fourth-order valence-electron chi connectivity index (χ4n) is 3.51. The van der Waals surface area contributed by atoms with E-state index in [-0.39, 0.29) is 51.1 Å². The Labute approximate surface area is 281 Å². The molecule has 0 bridgehead atoms. The van der Waals surface area contributed by atoms with Gasteiger partial charge in [-0.05, 0) is 64.2 Å². The van der Waals surface area contributed by atoms with Gasteiger partial charge >= 0.3 is 5.97 Å². The first-order valence-corrected chi connectivity index (χ1v) is 14.7. The number of carboxylic acids is 1. The van der Waals surface area contributed by atoms with E-state index in [9.17, 15) is 19.2 Å². The second kappa shape index (κ2) is 32.2. The van der Waals surface area contributed by atoms with Crippen molar-refractivity contribution in [1.82, 2.24) is 20.9 Å². The van der Waals surface area contributed by atoms with Crippen LogP contribution in [0.4, 0.5) is 0 Å². The minimum atomic E-state index is -0.831. The molecule has 3 saturated heterocycles. The summed E-state index contributed by atoms with van der Waals surface area (Å²) in [5.41, 5.74) is 0. The monoisotopic (exact) mass is 740 g/mol. The summed E-state index contributed by atoms with van der Waals surface area (Å²) >= 11 is 4.64. The molecule has 3 aliphatic heterocycles. The number of amides is 2. The summed E-state index contributed by atoms with van der Waals surface area (Å²) in [7, 11) is 5.40. The van der Waals surface area contributed by atoms with E-state index in [1.165, 1.54) is 6.92 Å². The molecule has 3 fully saturated rings. The summed E-state index contributed by atoms with van der Waals surface area (Å²) in [4.78, 5) is 43.7. The number of carboxylic acid groups (broad SMARTS) is 1. The van der Waals surface area contributed by atoms with Crippen LogP contribution in [0.5, 0.6) is 0 Å². The quantitative estimate of drug-likeness (QED) is 0.143. The molecule has 16 heteroatoms. The molecule has 3 rings (SSSR count). The molecule has 2 amide bonds. The molecule has 3 unspecified atom stereocenters. The van der Waals surface area contributed by atoms with Crippen LogP contribution in [0.15, 0.2) is 0 Å². The zero-order valence-corrected chi connectivity index (χ0v) is 28.5. The first-order chi connectivity index (χ1) is 20.5. The van der Waals surface area contributed by atoms with Gasteiger partial charge in [0.05, 0.1) is 18.6 Å². The van der Waals surface area contributed by atoms with E-state index in [0.717, 1.165) is 51.8 Å². The first-order valence-electron chi connectivity index (χ1n) is 14.3. The molecule has 3 atom stereocenters. The van der Waals surface area contributed by atoms with Crippen molar-refractivity contribution in [2.24, 2.45) is 0 Å². The van der Waals surface area contributed by atoms with Crippen LogP contribution in [0.3, 0.4) is 0 Å². The van der Waals surface area contributed by atoms with E-state index in [2.05, 4.69) is 27.6 Å². The summed E-state index contributed by atoms with van der Waals surface area (Å²) in [5, 5.41) is 32.8. The molecule has 0 aromatic heterocycles. The Morgan fingerprint density at radius 1 is 0.864 bits per heavy atom. The van der Waals surface area contributed by atoms with Crippen molar-refractivity contribution >= 4 is 34.6 Å². The van der Waals surface area contributed by atoms with Gasteiger partial charge in [0, 0.05) is 88.2 Å². The average Bonchev–Trinajstić information content (AvgIpc) is 3.79. The van der Waals surface area contributed by atoms with Crippen LogP contribution in [0, 0.1) is 22.7 Å². The van der Waals surface area contributed by atoms with Gasteiger partial charge in [-0.2, -0.15) is 10.5 Å². The molecule has 14 nitrogen and oxygen atoms in total. The Bertz CT molecular complexity index is 859. The van der Waals surface area contributed by atoms with Crippen LogP contribution >= 0.6 is 11.6 Å². The zero-order chi connectivity index (χ0) is 32.9. The second-order valence-corrected chi connectivity index (χ2v) is 9.92. The summed E-state index contributed by atoms with van der Waals surface area (Å²) in [6.07, 6.45) is 5.23. The Balaban J connectivity index is -0.000000243. The number of rotatable bonds is 10. The van der Waals surface area contributed by atoms with Crippen molar-refractivity contribution in [2.75, 3.05) is 67.1 Å². The molecule has 3 heterocycles. The SMILES string of the molecule is CC(=O)Cl.CN(CCC#N)C(=O)C1CCCO1.CNCCC#N.CNCCNC(=O)C1CCCO1.O=C(O)C1CCCO1.[HH].[Pd]. The number of nitrogens with zero attached hydrogens (tertiary/aromatic N) is 3. The van der Waals surface area contributed by atoms with E-state index in [1.807, 2.05) is 26.2 Å². The van der Waals surface area contributed by atoms with Crippen molar-refractivity contribution < 1.29 is 60.3 Å². The standard InChI is InChI=1S/C9H14N2O2.C8H16N2O2.C5H8O3.C4H8N2.C2H3ClO.Pd.H2/c1-11(6-3-5-10)9(12)8-4-2-7-13-8;1-9-4-5-10-8(11)7-3-2-6-12-7;6-5(7)4-2-1-3-8-4;1-6-4-2-3-5;1-2(3)4;;/h8H,2-4,6-7H2,1H3;7,9H,2-6H2,1H3,(H,10,11);4H,1-3H2,(H,6,7);6H,2,4H2,1H3;1H3;;1H. The van der Waals surface area contributed by atoms with Gasteiger partial charge in [0.25, 0.3) is 5.91 Å². The molecule has 44 heavy (non-hydrogen) atoms. The van der Waals surface area contributed by atoms with Gasteiger partial charge in [0.1, 0.15) is 12.2 Å².